The minimum absolute atomic E-state index is 0.0984. The van der Waals surface area contributed by atoms with E-state index in [-0.39, 0.29) is 6.54 Å². The maximum absolute atomic E-state index is 12.2. The van der Waals surface area contributed by atoms with Crippen molar-refractivity contribution in [3.05, 3.63) is 54.0 Å². The highest BCUT2D eigenvalue weighted by Gasteiger charge is 2.07. The molecule has 144 valence electrons. The van der Waals surface area contributed by atoms with Crippen LogP contribution in [-0.2, 0) is 0 Å². The fraction of sp³-hybridized carbons (Fsp3) is 0.250. The molecule has 3 aromatic heterocycles. The smallest absolute Gasteiger partial charge is 0.154 e. The van der Waals surface area contributed by atoms with Gasteiger partial charge in [-0.15, -0.1) is 5.10 Å². The van der Waals surface area contributed by atoms with E-state index in [1.54, 1.807) is 12.4 Å². The molecule has 3 heterocycles. The molecule has 0 saturated heterocycles. The molecule has 7 nitrogen and oxygen atoms in total. The topological polar surface area (TPSA) is 102 Å². The zero-order valence-corrected chi connectivity index (χ0v) is 15.8. The van der Waals surface area contributed by atoms with E-state index in [2.05, 4.69) is 44.3 Å². The van der Waals surface area contributed by atoms with Crippen molar-refractivity contribution in [3.63, 3.8) is 0 Å². The molecule has 3 aromatic rings. The van der Waals surface area contributed by atoms with Crippen molar-refractivity contribution in [3.8, 4) is 0 Å². The summed E-state index contributed by atoms with van der Waals surface area (Å²) < 4.78 is 12.2. The quantitative estimate of drug-likeness (QED) is 0.608. The number of fused-ring (bicyclic) bond motifs is 1. The average molecular weight is 379 g/mol. The summed E-state index contributed by atoms with van der Waals surface area (Å²) in [6.07, 6.45) is 6.40. The number of anilines is 2. The van der Waals surface area contributed by atoms with Crippen LogP contribution in [0.4, 0.5) is 16.0 Å². The van der Waals surface area contributed by atoms with E-state index in [0.717, 1.165) is 16.6 Å². The summed E-state index contributed by atoms with van der Waals surface area (Å²) in [4.78, 5) is 13.0. The zero-order valence-electron chi connectivity index (χ0n) is 15.8. The summed E-state index contributed by atoms with van der Waals surface area (Å²) in [5, 5.41) is 11.3. The number of aromatic nitrogens is 4. The number of rotatable bonds is 7. The number of nitrogens with one attached hydrogen (secondary N) is 1. The van der Waals surface area contributed by atoms with Gasteiger partial charge in [-0.25, -0.2) is 9.37 Å². The van der Waals surface area contributed by atoms with Crippen LogP contribution in [0.3, 0.4) is 0 Å². The summed E-state index contributed by atoms with van der Waals surface area (Å²) in [6.45, 7) is 3.78. The van der Waals surface area contributed by atoms with Gasteiger partial charge in [0, 0.05) is 29.7 Å². The van der Waals surface area contributed by atoms with Crippen molar-refractivity contribution in [1.82, 2.24) is 20.2 Å². The Hall–Kier alpha value is -3.42. The van der Waals surface area contributed by atoms with Crippen molar-refractivity contribution in [2.24, 2.45) is 10.7 Å². The Morgan fingerprint density at radius 3 is 2.82 bits per heavy atom. The van der Waals surface area contributed by atoms with Crippen molar-refractivity contribution in [2.45, 2.75) is 19.8 Å². The summed E-state index contributed by atoms with van der Waals surface area (Å²) >= 11 is 0. The standard InChI is InChI=1S/C20H22FN7/c1-13(2)14-8-20(28-25-12-14)27-19-4-3-17-18(26-19)7-15(11-24-17)16(9-22)10-23-6-5-21/h3-4,7-13H,5-6,22H2,1-2H3,(H,26,27,28). The summed E-state index contributed by atoms with van der Waals surface area (Å²) in [6, 6.07) is 7.52. The van der Waals surface area contributed by atoms with Crippen molar-refractivity contribution in [1.29, 1.82) is 0 Å². The number of allylic oxidation sites excluding steroid dienone is 1. The monoisotopic (exact) mass is 379 g/mol. The maximum atomic E-state index is 12.2. The largest absolute Gasteiger partial charge is 0.404 e. The predicted molar refractivity (Wildman–Crippen MR) is 110 cm³/mol. The molecule has 0 aromatic carbocycles. The van der Waals surface area contributed by atoms with Crippen LogP contribution in [0, 0.1) is 0 Å². The van der Waals surface area contributed by atoms with Gasteiger partial charge < -0.3 is 11.1 Å². The number of hydrogen-bond donors (Lipinski definition) is 2. The van der Waals surface area contributed by atoms with E-state index >= 15 is 0 Å². The highest BCUT2D eigenvalue weighted by atomic mass is 19.1. The number of aliphatic imine (C=N–C) groups is 1. The fourth-order valence-corrected chi connectivity index (χ4v) is 2.55. The second-order valence-electron chi connectivity index (χ2n) is 6.46. The van der Waals surface area contributed by atoms with Crippen LogP contribution in [0.15, 0.2) is 47.9 Å². The molecule has 0 aliphatic carbocycles. The van der Waals surface area contributed by atoms with Crippen molar-refractivity contribution >= 4 is 34.5 Å². The molecule has 0 spiro atoms. The molecular weight excluding hydrogens is 357 g/mol. The Balaban J connectivity index is 1.89. The molecule has 0 aliphatic heterocycles. The third kappa shape index (κ3) is 4.64. The highest BCUT2D eigenvalue weighted by molar-refractivity contribution is 6.10. The fourth-order valence-electron chi connectivity index (χ4n) is 2.55. The maximum Gasteiger partial charge on any atom is 0.154 e. The Bertz CT molecular complexity index is 1010. The summed E-state index contributed by atoms with van der Waals surface area (Å²) in [5.74, 6) is 1.61. The van der Waals surface area contributed by atoms with Gasteiger partial charge in [0.05, 0.1) is 23.8 Å². The van der Waals surface area contributed by atoms with E-state index in [0.29, 0.717) is 28.6 Å². The van der Waals surface area contributed by atoms with E-state index in [1.807, 2.05) is 24.3 Å². The van der Waals surface area contributed by atoms with Gasteiger partial charge in [0.1, 0.15) is 12.5 Å². The van der Waals surface area contributed by atoms with Gasteiger partial charge in [-0.1, -0.05) is 13.8 Å². The van der Waals surface area contributed by atoms with E-state index in [4.69, 9.17) is 5.73 Å². The number of nitrogens with two attached hydrogens (primary N) is 1. The first-order valence-corrected chi connectivity index (χ1v) is 8.95. The first-order chi connectivity index (χ1) is 13.6. The highest BCUT2D eigenvalue weighted by Crippen LogP contribution is 2.21. The lowest BCUT2D eigenvalue weighted by Gasteiger charge is -2.09. The number of halogens is 1. The van der Waals surface area contributed by atoms with Crippen LogP contribution in [0.5, 0.6) is 0 Å². The number of pyridine rings is 2. The third-order valence-corrected chi connectivity index (χ3v) is 4.09. The van der Waals surface area contributed by atoms with Crippen LogP contribution < -0.4 is 11.1 Å². The minimum atomic E-state index is -0.512. The molecule has 0 atom stereocenters. The minimum Gasteiger partial charge on any atom is -0.404 e. The molecule has 0 bridgehead atoms. The lowest BCUT2D eigenvalue weighted by Crippen LogP contribution is -2.00. The molecule has 0 saturated carbocycles. The molecule has 0 radical (unpaired) electrons. The van der Waals surface area contributed by atoms with Crippen molar-refractivity contribution in [2.75, 3.05) is 18.5 Å². The second-order valence-corrected chi connectivity index (χ2v) is 6.46. The van der Waals surface area contributed by atoms with E-state index in [1.165, 1.54) is 12.4 Å². The summed E-state index contributed by atoms with van der Waals surface area (Å²) in [7, 11) is 0. The van der Waals surface area contributed by atoms with Crippen LogP contribution >= 0.6 is 0 Å². The second kappa shape index (κ2) is 8.98. The molecule has 0 aliphatic rings. The molecule has 0 amide bonds. The number of alkyl halides is 1. The van der Waals surface area contributed by atoms with E-state index < -0.39 is 6.67 Å². The van der Waals surface area contributed by atoms with Gasteiger partial charge >= 0.3 is 0 Å². The Kier molecular flexibility index (Phi) is 6.21. The Morgan fingerprint density at radius 1 is 1.21 bits per heavy atom. The molecule has 3 rings (SSSR count). The lowest BCUT2D eigenvalue weighted by atomic mass is 10.1. The Morgan fingerprint density at radius 2 is 2.07 bits per heavy atom. The van der Waals surface area contributed by atoms with Gasteiger partial charge in [-0.3, -0.25) is 9.98 Å². The predicted octanol–water partition coefficient (Wildman–Crippen LogP) is 3.63. The SMILES string of the molecule is CC(C)c1cnnc(Nc2ccc3ncc(C(C=NCCF)=CN)cc3n2)c1. The molecular formula is C20H22FN7. The number of nitrogens with zero attached hydrogens (tertiary/aromatic N) is 5. The normalized spacial score (nSPS) is 12.2. The molecule has 0 unspecified atom stereocenters. The van der Waals surface area contributed by atoms with Gasteiger partial charge in [0.15, 0.2) is 5.82 Å². The molecule has 0 fully saturated rings. The average Bonchev–Trinajstić information content (AvgIpc) is 2.71. The van der Waals surface area contributed by atoms with Gasteiger partial charge in [-0.05, 0) is 35.7 Å². The Labute approximate surface area is 162 Å². The van der Waals surface area contributed by atoms with Crippen LogP contribution in [-0.4, -0.2) is 39.6 Å². The third-order valence-electron chi connectivity index (χ3n) is 4.09. The van der Waals surface area contributed by atoms with Crippen LogP contribution in [0.25, 0.3) is 16.6 Å². The zero-order chi connectivity index (χ0) is 19.9. The summed E-state index contributed by atoms with van der Waals surface area (Å²) in [5.41, 5.74) is 9.61. The van der Waals surface area contributed by atoms with Gasteiger partial charge in [-0.2, -0.15) is 5.10 Å². The first kappa shape index (κ1) is 19.3. The van der Waals surface area contributed by atoms with Crippen LogP contribution in [0.1, 0.15) is 30.9 Å². The first-order valence-electron chi connectivity index (χ1n) is 8.95. The molecule has 3 N–H and O–H groups in total. The number of hydrogen-bond acceptors (Lipinski definition) is 7. The van der Waals surface area contributed by atoms with Gasteiger partial charge in [0.25, 0.3) is 0 Å². The molecule has 8 heteroatoms. The van der Waals surface area contributed by atoms with Crippen molar-refractivity contribution < 1.29 is 4.39 Å². The van der Waals surface area contributed by atoms with Crippen LogP contribution in [0.2, 0.25) is 0 Å². The molecule has 28 heavy (non-hydrogen) atoms. The van der Waals surface area contributed by atoms with E-state index in [9.17, 15) is 4.39 Å². The lowest BCUT2D eigenvalue weighted by molar-refractivity contribution is 0.505. The van der Waals surface area contributed by atoms with Gasteiger partial charge in [0.2, 0.25) is 0 Å².